The van der Waals surface area contributed by atoms with Gasteiger partial charge in [0, 0.05) is 18.4 Å². The molecule has 2 unspecified atom stereocenters. The standard InChI is InChI=1S/C9H13N3/c1-6-4-10-9(11-5-6)12-8-3-7(8)2/h4-5,7-8H,3H2,1-2H3,(H,10,11,12). The highest BCUT2D eigenvalue weighted by Crippen LogP contribution is 2.31. The number of nitrogens with zero attached hydrogens (tertiary/aromatic N) is 2. The van der Waals surface area contributed by atoms with Crippen LogP contribution in [0.1, 0.15) is 18.9 Å². The van der Waals surface area contributed by atoms with Gasteiger partial charge in [-0.1, -0.05) is 6.92 Å². The number of hydrogen-bond donors (Lipinski definition) is 1. The van der Waals surface area contributed by atoms with E-state index in [-0.39, 0.29) is 0 Å². The van der Waals surface area contributed by atoms with E-state index in [4.69, 9.17) is 0 Å². The maximum absolute atomic E-state index is 4.17. The van der Waals surface area contributed by atoms with Crippen LogP contribution in [0.4, 0.5) is 5.95 Å². The molecule has 0 bridgehead atoms. The summed E-state index contributed by atoms with van der Waals surface area (Å²) >= 11 is 0. The second kappa shape index (κ2) is 2.73. The van der Waals surface area contributed by atoms with Gasteiger partial charge in [-0.05, 0) is 24.8 Å². The second-order valence-corrected chi connectivity index (χ2v) is 3.55. The van der Waals surface area contributed by atoms with Crippen LogP contribution < -0.4 is 5.32 Å². The van der Waals surface area contributed by atoms with Crippen LogP contribution in [0.25, 0.3) is 0 Å². The lowest BCUT2D eigenvalue weighted by Gasteiger charge is -2.01. The largest absolute Gasteiger partial charge is 0.351 e. The van der Waals surface area contributed by atoms with E-state index in [1.54, 1.807) is 0 Å². The highest BCUT2D eigenvalue weighted by molar-refractivity contribution is 5.29. The highest BCUT2D eigenvalue weighted by Gasteiger charge is 2.32. The molecule has 0 saturated heterocycles. The van der Waals surface area contributed by atoms with Crippen molar-refractivity contribution in [3.63, 3.8) is 0 Å². The first kappa shape index (κ1) is 7.53. The first-order valence-electron chi connectivity index (χ1n) is 4.31. The van der Waals surface area contributed by atoms with E-state index in [0.29, 0.717) is 6.04 Å². The molecule has 0 aliphatic heterocycles. The Morgan fingerprint density at radius 1 is 1.42 bits per heavy atom. The Bertz CT molecular complexity index is 268. The summed E-state index contributed by atoms with van der Waals surface area (Å²) in [7, 11) is 0. The molecular weight excluding hydrogens is 150 g/mol. The fourth-order valence-corrected chi connectivity index (χ4v) is 1.16. The first-order valence-corrected chi connectivity index (χ1v) is 4.31. The number of rotatable bonds is 2. The summed E-state index contributed by atoms with van der Waals surface area (Å²) in [6.07, 6.45) is 4.92. The minimum atomic E-state index is 0.604. The maximum Gasteiger partial charge on any atom is 0.222 e. The number of nitrogens with one attached hydrogen (secondary N) is 1. The van der Waals surface area contributed by atoms with Crippen LogP contribution in [0.15, 0.2) is 12.4 Å². The third kappa shape index (κ3) is 1.55. The predicted octanol–water partition coefficient (Wildman–Crippen LogP) is 1.61. The van der Waals surface area contributed by atoms with Crippen molar-refractivity contribution in [2.45, 2.75) is 26.3 Å². The van der Waals surface area contributed by atoms with Crippen molar-refractivity contribution < 1.29 is 0 Å². The molecule has 1 heterocycles. The summed E-state index contributed by atoms with van der Waals surface area (Å²) in [5.74, 6) is 1.55. The van der Waals surface area contributed by atoms with Gasteiger partial charge >= 0.3 is 0 Å². The van der Waals surface area contributed by atoms with E-state index in [9.17, 15) is 0 Å². The van der Waals surface area contributed by atoms with Crippen molar-refractivity contribution in [1.82, 2.24) is 9.97 Å². The molecule has 0 amide bonds. The summed E-state index contributed by atoms with van der Waals surface area (Å²) in [5, 5.41) is 3.27. The molecule has 0 aromatic carbocycles. The molecule has 3 nitrogen and oxygen atoms in total. The molecule has 2 rings (SSSR count). The van der Waals surface area contributed by atoms with Gasteiger partial charge in [0.05, 0.1) is 0 Å². The molecular formula is C9H13N3. The predicted molar refractivity (Wildman–Crippen MR) is 48.0 cm³/mol. The quantitative estimate of drug-likeness (QED) is 0.719. The Morgan fingerprint density at radius 3 is 2.50 bits per heavy atom. The molecule has 3 heteroatoms. The second-order valence-electron chi connectivity index (χ2n) is 3.55. The summed E-state index contributed by atoms with van der Waals surface area (Å²) in [5.41, 5.74) is 1.10. The monoisotopic (exact) mass is 163 g/mol. The molecule has 0 radical (unpaired) electrons. The van der Waals surface area contributed by atoms with Crippen LogP contribution in [-0.4, -0.2) is 16.0 Å². The molecule has 1 aliphatic rings. The van der Waals surface area contributed by atoms with Crippen molar-refractivity contribution >= 4 is 5.95 Å². The zero-order chi connectivity index (χ0) is 8.55. The average Bonchev–Trinajstić information content (AvgIpc) is 2.72. The van der Waals surface area contributed by atoms with Crippen molar-refractivity contribution in [1.29, 1.82) is 0 Å². The van der Waals surface area contributed by atoms with Gasteiger partial charge in [0.1, 0.15) is 0 Å². The van der Waals surface area contributed by atoms with E-state index in [0.717, 1.165) is 17.4 Å². The molecule has 64 valence electrons. The van der Waals surface area contributed by atoms with Crippen LogP contribution in [0.3, 0.4) is 0 Å². The maximum atomic E-state index is 4.17. The molecule has 1 aliphatic carbocycles. The van der Waals surface area contributed by atoms with Crippen molar-refractivity contribution in [3.8, 4) is 0 Å². The lowest BCUT2D eigenvalue weighted by molar-refractivity contribution is 0.913. The Kier molecular flexibility index (Phi) is 1.71. The number of aryl methyl sites for hydroxylation is 1. The molecule has 0 spiro atoms. The van der Waals surface area contributed by atoms with Crippen LogP contribution in [0.2, 0.25) is 0 Å². The SMILES string of the molecule is Cc1cnc(NC2CC2C)nc1. The Morgan fingerprint density at radius 2 is 2.00 bits per heavy atom. The minimum Gasteiger partial charge on any atom is -0.351 e. The van der Waals surface area contributed by atoms with Crippen molar-refractivity contribution in [2.75, 3.05) is 5.32 Å². The Hall–Kier alpha value is -1.12. The van der Waals surface area contributed by atoms with Gasteiger partial charge in [0.2, 0.25) is 5.95 Å². The van der Waals surface area contributed by atoms with Gasteiger partial charge in [-0.15, -0.1) is 0 Å². The summed E-state index contributed by atoms with van der Waals surface area (Å²) in [6, 6.07) is 0.604. The fraction of sp³-hybridized carbons (Fsp3) is 0.556. The smallest absolute Gasteiger partial charge is 0.222 e. The Balaban J connectivity index is 2.00. The third-order valence-corrected chi connectivity index (χ3v) is 2.20. The van der Waals surface area contributed by atoms with E-state index >= 15 is 0 Å². The third-order valence-electron chi connectivity index (χ3n) is 2.20. The minimum absolute atomic E-state index is 0.604. The van der Waals surface area contributed by atoms with Gasteiger partial charge in [0.15, 0.2) is 0 Å². The Labute approximate surface area is 72.2 Å². The molecule has 1 saturated carbocycles. The number of hydrogen-bond acceptors (Lipinski definition) is 3. The lowest BCUT2D eigenvalue weighted by atomic mass is 10.4. The highest BCUT2D eigenvalue weighted by atomic mass is 15.1. The van der Waals surface area contributed by atoms with Gasteiger partial charge in [0.25, 0.3) is 0 Å². The van der Waals surface area contributed by atoms with Gasteiger partial charge in [-0.25, -0.2) is 9.97 Å². The number of anilines is 1. The van der Waals surface area contributed by atoms with Crippen molar-refractivity contribution in [2.24, 2.45) is 5.92 Å². The lowest BCUT2D eigenvalue weighted by Crippen LogP contribution is -2.06. The zero-order valence-corrected chi connectivity index (χ0v) is 7.41. The van der Waals surface area contributed by atoms with Crippen LogP contribution >= 0.6 is 0 Å². The number of aromatic nitrogens is 2. The van der Waals surface area contributed by atoms with E-state index < -0.39 is 0 Å². The molecule has 2 atom stereocenters. The van der Waals surface area contributed by atoms with Gasteiger partial charge in [-0.3, -0.25) is 0 Å². The topological polar surface area (TPSA) is 37.8 Å². The average molecular weight is 163 g/mol. The van der Waals surface area contributed by atoms with Crippen LogP contribution in [-0.2, 0) is 0 Å². The zero-order valence-electron chi connectivity index (χ0n) is 7.41. The summed E-state index contributed by atoms with van der Waals surface area (Å²) in [6.45, 7) is 4.22. The van der Waals surface area contributed by atoms with Gasteiger partial charge in [-0.2, -0.15) is 0 Å². The molecule has 1 fully saturated rings. The van der Waals surface area contributed by atoms with Crippen LogP contribution in [0, 0.1) is 12.8 Å². The molecule has 12 heavy (non-hydrogen) atoms. The van der Waals surface area contributed by atoms with Crippen molar-refractivity contribution in [3.05, 3.63) is 18.0 Å². The first-order chi connectivity index (χ1) is 5.75. The summed E-state index contributed by atoms with van der Waals surface area (Å²) < 4.78 is 0. The fourth-order valence-electron chi connectivity index (χ4n) is 1.16. The molecule has 1 aromatic heterocycles. The molecule has 1 aromatic rings. The summed E-state index contributed by atoms with van der Waals surface area (Å²) in [4.78, 5) is 8.34. The van der Waals surface area contributed by atoms with Crippen LogP contribution in [0.5, 0.6) is 0 Å². The normalized spacial score (nSPS) is 26.8. The van der Waals surface area contributed by atoms with Gasteiger partial charge < -0.3 is 5.32 Å². The van der Waals surface area contributed by atoms with E-state index in [2.05, 4.69) is 22.2 Å². The van der Waals surface area contributed by atoms with E-state index in [1.807, 2.05) is 19.3 Å². The molecule has 1 N–H and O–H groups in total. The van der Waals surface area contributed by atoms with E-state index in [1.165, 1.54) is 6.42 Å².